The molecule has 0 N–H and O–H groups in total. The molecule has 4 aromatic heterocycles. The highest BCUT2D eigenvalue weighted by atomic mass is 127. The molecule has 0 unspecified atom stereocenters. The van der Waals surface area contributed by atoms with Crippen LogP contribution >= 0.6 is 22.6 Å². The van der Waals surface area contributed by atoms with Crippen molar-refractivity contribution in [2.24, 2.45) is 0 Å². The molecule has 382 valence electrons. The zero-order valence-electron chi connectivity index (χ0n) is 40.4. The van der Waals surface area contributed by atoms with Gasteiger partial charge in [0.15, 0.2) is 11.3 Å². The fraction of sp³-hybridized carbons (Fsp3) is 0.314. The average molecular weight is 1120 g/mol. The molecule has 0 atom stereocenters. The third-order valence-corrected chi connectivity index (χ3v) is 10.8. The number of carbonyl (C=O) groups is 3. The molecule has 0 saturated heterocycles. The first-order valence-electron chi connectivity index (χ1n) is 22.2. The number of ether oxygens (including phenoxy) is 5. The first-order valence-corrected chi connectivity index (χ1v) is 23.2. The Morgan fingerprint density at radius 2 is 1.06 bits per heavy atom. The van der Waals surface area contributed by atoms with Crippen LogP contribution in [0.15, 0.2) is 116 Å². The molecule has 7 rings (SSSR count). The number of esters is 1. The van der Waals surface area contributed by atoms with Gasteiger partial charge >= 0.3 is 30.5 Å². The van der Waals surface area contributed by atoms with Crippen molar-refractivity contribution in [1.29, 1.82) is 0 Å². The van der Waals surface area contributed by atoms with Gasteiger partial charge in [0.2, 0.25) is 0 Å². The van der Waals surface area contributed by atoms with Crippen molar-refractivity contribution in [2.45, 2.75) is 84.9 Å². The number of rotatable bonds is 12. The Kier molecular flexibility index (Phi) is 16.7. The average Bonchev–Trinajstić information content (AvgIpc) is 3.88. The minimum absolute atomic E-state index is 0.0751. The van der Waals surface area contributed by atoms with Crippen molar-refractivity contribution in [3.05, 3.63) is 131 Å². The van der Waals surface area contributed by atoms with Crippen molar-refractivity contribution >= 4 is 63.4 Å². The van der Waals surface area contributed by atoms with Gasteiger partial charge in [0.25, 0.3) is 0 Å². The van der Waals surface area contributed by atoms with E-state index in [4.69, 9.17) is 23.7 Å². The summed E-state index contributed by atoms with van der Waals surface area (Å²) in [6.07, 6.45) is -6.88. The minimum Gasteiger partial charge on any atom is -0.465 e. The van der Waals surface area contributed by atoms with Gasteiger partial charge in [-0.3, -0.25) is 18.6 Å². The number of para-hydroxylation sites is 2. The molecule has 0 radical (unpaired) electrons. The van der Waals surface area contributed by atoms with E-state index < -0.39 is 67.6 Å². The maximum absolute atomic E-state index is 13.3. The molecule has 0 saturated carbocycles. The third-order valence-electron chi connectivity index (χ3n) is 10.0. The molecule has 3 aromatic carbocycles. The number of anilines is 2. The van der Waals surface area contributed by atoms with Crippen LogP contribution in [0.3, 0.4) is 0 Å². The number of methoxy groups -OCH3 is 1. The topological polar surface area (TPSA) is 138 Å². The van der Waals surface area contributed by atoms with Gasteiger partial charge < -0.3 is 23.7 Å². The first kappa shape index (κ1) is 54.3. The van der Waals surface area contributed by atoms with Gasteiger partial charge in [-0.1, -0.05) is 42.5 Å². The summed E-state index contributed by atoms with van der Waals surface area (Å²) in [5, 5.41) is 0. The van der Waals surface area contributed by atoms with Crippen LogP contribution in [-0.4, -0.2) is 80.7 Å². The number of aryl methyl sites for hydroxylation is 1. The molecule has 0 spiro atoms. The number of benzene rings is 3. The Morgan fingerprint density at radius 1 is 0.611 bits per heavy atom. The summed E-state index contributed by atoms with van der Waals surface area (Å²) in [5.41, 5.74) is 1.20. The summed E-state index contributed by atoms with van der Waals surface area (Å²) in [5.74, 6) is 1.14. The SMILES string of the molecule is CC(C)(C)OC(=O)N(CCC(F)(F)F)c1cc(Oc2ccccc2)cn2c(I)cnc12.COC(=O)c1ccc(-c2cnc3c(N(CCC(F)(F)F)C(=O)OC(C)(C)C)cc(Oc4ccccc4)cn23)cc1C. The molecule has 2 amide bonds. The Bertz CT molecular complexity index is 3020. The zero-order valence-corrected chi connectivity index (χ0v) is 42.6. The predicted molar refractivity (Wildman–Crippen MR) is 266 cm³/mol. The number of hydrogen-bond donors (Lipinski definition) is 0. The lowest BCUT2D eigenvalue weighted by Gasteiger charge is -2.28. The van der Waals surface area contributed by atoms with E-state index in [-0.39, 0.29) is 22.8 Å². The molecular weight excluding hydrogens is 1070 g/mol. The molecule has 72 heavy (non-hydrogen) atoms. The number of amides is 2. The quantitative estimate of drug-likeness (QED) is 0.0503. The van der Waals surface area contributed by atoms with E-state index in [0.717, 1.165) is 9.80 Å². The van der Waals surface area contributed by atoms with E-state index in [9.17, 15) is 40.7 Å². The number of fused-ring (bicyclic) bond motifs is 2. The first-order chi connectivity index (χ1) is 33.7. The van der Waals surface area contributed by atoms with Crippen LogP contribution in [0.25, 0.3) is 22.6 Å². The fourth-order valence-corrected chi connectivity index (χ4v) is 7.43. The predicted octanol–water partition coefficient (Wildman–Crippen LogP) is 14.0. The third kappa shape index (κ3) is 14.8. The number of aromatic nitrogens is 4. The largest absolute Gasteiger partial charge is 0.465 e. The van der Waals surface area contributed by atoms with Crippen LogP contribution in [0.2, 0.25) is 0 Å². The van der Waals surface area contributed by atoms with Crippen molar-refractivity contribution < 1.29 is 64.4 Å². The normalized spacial score (nSPS) is 11.9. The Labute approximate surface area is 424 Å². The molecular formula is C51H51F6IN6O8. The van der Waals surface area contributed by atoms with Gasteiger partial charge in [-0.15, -0.1) is 0 Å². The van der Waals surface area contributed by atoms with Gasteiger partial charge in [0, 0.05) is 30.8 Å². The smallest absolute Gasteiger partial charge is 0.414 e. The van der Waals surface area contributed by atoms with E-state index in [1.807, 2.05) is 34.7 Å². The summed E-state index contributed by atoms with van der Waals surface area (Å²) < 4.78 is 111. The molecule has 4 heterocycles. The molecule has 14 nitrogen and oxygen atoms in total. The monoisotopic (exact) mass is 1120 g/mol. The highest BCUT2D eigenvalue weighted by molar-refractivity contribution is 14.1. The summed E-state index contributed by atoms with van der Waals surface area (Å²) in [4.78, 5) is 48.8. The van der Waals surface area contributed by atoms with Crippen LogP contribution in [0.5, 0.6) is 23.0 Å². The van der Waals surface area contributed by atoms with Crippen LogP contribution in [0.1, 0.15) is 70.3 Å². The highest BCUT2D eigenvalue weighted by Crippen LogP contribution is 2.37. The van der Waals surface area contributed by atoms with E-state index in [0.29, 0.717) is 49.0 Å². The number of halogens is 7. The second-order valence-corrected chi connectivity index (χ2v) is 19.2. The van der Waals surface area contributed by atoms with E-state index in [2.05, 4.69) is 9.97 Å². The van der Waals surface area contributed by atoms with Crippen LogP contribution in [-0.2, 0) is 14.2 Å². The molecule has 0 fully saturated rings. The lowest BCUT2D eigenvalue weighted by molar-refractivity contribution is -0.133. The second-order valence-electron chi connectivity index (χ2n) is 18.1. The van der Waals surface area contributed by atoms with Gasteiger partial charge in [-0.05, 0) is 113 Å². The zero-order chi connectivity index (χ0) is 52.8. The summed E-state index contributed by atoms with van der Waals surface area (Å²) in [6.45, 7) is 10.3. The van der Waals surface area contributed by atoms with Gasteiger partial charge in [0.05, 0.1) is 67.4 Å². The van der Waals surface area contributed by atoms with Crippen molar-refractivity contribution in [1.82, 2.24) is 18.8 Å². The van der Waals surface area contributed by atoms with Crippen molar-refractivity contribution in [2.75, 3.05) is 30.0 Å². The fourth-order valence-electron chi connectivity index (χ4n) is 6.93. The molecule has 0 aliphatic heterocycles. The number of pyridine rings is 2. The minimum atomic E-state index is -4.52. The molecule has 0 aliphatic rings. The van der Waals surface area contributed by atoms with E-state index >= 15 is 0 Å². The highest BCUT2D eigenvalue weighted by Gasteiger charge is 2.35. The van der Waals surface area contributed by atoms with Crippen LogP contribution in [0.4, 0.5) is 47.3 Å². The Morgan fingerprint density at radius 3 is 1.49 bits per heavy atom. The van der Waals surface area contributed by atoms with E-state index in [1.165, 1.54) is 25.4 Å². The number of carbonyl (C=O) groups excluding carboxylic acids is 3. The maximum atomic E-state index is 13.3. The summed E-state index contributed by atoms with van der Waals surface area (Å²) in [6, 6.07) is 25.8. The lowest BCUT2D eigenvalue weighted by Crippen LogP contribution is -2.39. The molecule has 7 aromatic rings. The Balaban J connectivity index is 0.000000245. The van der Waals surface area contributed by atoms with Crippen LogP contribution < -0.4 is 19.3 Å². The van der Waals surface area contributed by atoms with Crippen molar-refractivity contribution in [3.63, 3.8) is 0 Å². The number of imidazole rings is 2. The number of hydrogen-bond acceptors (Lipinski definition) is 10. The van der Waals surface area contributed by atoms with Crippen LogP contribution in [0, 0.1) is 10.6 Å². The molecule has 0 bridgehead atoms. The number of alkyl halides is 6. The summed E-state index contributed by atoms with van der Waals surface area (Å²) in [7, 11) is 1.30. The maximum Gasteiger partial charge on any atom is 0.414 e. The van der Waals surface area contributed by atoms with Crippen molar-refractivity contribution in [3.8, 4) is 34.3 Å². The Hall–Kier alpha value is -7.04. The second kappa shape index (κ2) is 22.2. The van der Waals surface area contributed by atoms with Gasteiger partial charge in [-0.25, -0.2) is 24.4 Å². The molecule has 21 heteroatoms. The lowest BCUT2D eigenvalue weighted by atomic mass is 10.0. The van der Waals surface area contributed by atoms with E-state index in [1.54, 1.807) is 143 Å². The molecule has 0 aliphatic carbocycles. The number of nitrogens with zero attached hydrogens (tertiary/aromatic N) is 6. The standard InChI is InChI=1S/C30H30F3N3O5.C21H21F3IN3O3/c1-19-15-20(11-12-23(19)27(37)39-5)25-17-34-26-24(16-22(18-36(25)26)40-21-9-7-6-8-10-21)35(14-13-30(31,32)33)28(38)41-29(2,3)4;1-20(2,3)31-19(29)27(10-9-21(22,23)24)16-11-15(30-14-7-5-4-6-8-14)13-28-17(25)12-26-18(16)28/h6-12,15-18H,13-14H2,1-5H3;4-8,11-13H,9-10H2,1-3H3. The van der Waals surface area contributed by atoms with Gasteiger partial charge in [-0.2, -0.15) is 26.3 Å². The van der Waals surface area contributed by atoms with Gasteiger partial charge in [0.1, 0.15) is 37.9 Å². The summed E-state index contributed by atoms with van der Waals surface area (Å²) >= 11 is 2.05.